The lowest BCUT2D eigenvalue weighted by Crippen LogP contribution is -2.56. The van der Waals surface area contributed by atoms with E-state index in [1.165, 1.54) is 19.3 Å². The third kappa shape index (κ3) is 3.00. The van der Waals surface area contributed by atoms with Crippen molar-refractivity contribution in [2.45, 2.75) is 57.4 Å². The van der Waals surface area contributed by atoms with Crippen molar-refractivity contribution in [2.75, 3.05) is 6.54 Å². The minimum atomic E-state index is -0.461. The third-order valence-corrected chi connectivity index (χ3v) is 7.81. The smallest absolute Gasteiger partial charge is 0.334 e. The molecule has 5 fully saturated rings. The van der Waals surface area contributed by atoms with Crippen molar-refractivity contribution in [1.29, 1.82) is 0 Å². The first-order chi connectivity index (χ1) is 13.0. The van der Waals surface area contributed by atoms with E-state index in [1.54, 1.807) is 18.3 Å². The number of pyridine rings is 1. The Morgan fingerprint density at radius 3 is 2.44 bits per heavy atom. The zero-order valence-corrected chi connectivity index (χ0v) is 17.0. The number of rotatable bonds is 3. The number of likely N-dealkylation sites (tertiary alicyclic amines) is 1. The molecule has 1 aliphatic heterocycles. The van der Waals surface area contributed by atoms with Crippen LogP contribution in [0.4, 0.5) is 0 Å². The Labute approximate surface area is 168 Å². The summed E-state index contributed by atoms with van der Waals surface area (Å²) in [5.74, 6) is 2.47. The van der Waals surface area contributed by atoms with Gasteiger partial charge < -0.3 is 9.64 Å². The van der Waals surface area contributed by atoms with Crippen molar-refractivity contribution in [1.82, 2.24) is 9.88 Å². The van der Waals surface area contributed by atoms with Gasteiger partial charge in [0.2, 0.25) is 5.91 Å². The van der Waals surface area contributed by atoms with Crippen LogP contribution >= 0.6 is 15.9 Å². The van der Waals surface area contributed by atoms with E-state index in [0.29, 0.717) is 23.3 Å². The first-order valence-corrected chi connectivity index (χ1v) is 11.0. The number of hydrogen-bond donors (Lipinski definition) is 0. The standard InChI is InChI=1S/C21H25BrN2O3/c22-18-17(4-1-5-23-18)27-19(25)16-3-2-6-24(16)20(26)21-10-13-7-14(11-21)9-15(8-13)12-21/h1,4-5,13-16H,2-3,6-12H2. The van der Waals surface area contributed by atoms with Gasteiger partial charge in [-0.3, -0.25) is 4.79 Å². The normalized spacial score (nSPS) is 36.9. The van der Waals surface area contributed by atoms with Crippen LogP contribution in [0.1, 0.15) is 51.4 Å². The second kappa shape index (κ2) is 6.57. The second-order valence-corrected chi connectivity index (χ2v) is 9.82. The van der Waals surface area contributed by atoms with Crippen LogP contribution in [0.25, 0.3) is 0 Å². The largest absolute Gasteiger partial charge is 0.422 e. The van der Waals surface area contributed by atoms with Crippen molar-refractivity contribution in [3.05, 3.63) is 22.9 Å². The maximum absolute atomic E-state index is 13.6. The van der Waals surface area contributed by atoms with Gasteiger partial charge >= 0.3 is 5.97 Å². The van der Waals surface area contributed by atoms with Gasteiger partial charge in [0, 0.05) is 12.7 Å². The van der Waals surface area contributed by atoms with Crippen LogP contribution in [0.15, 0.2) is 22.9 Å². The van der Waals surface area contributed by atoms with E-state index in [2.05, 4.69) is 20.9 Å². The fourth-order valence-corrected chi connectivity index (χ4v) is 6.89. The summed E-state index contributed by atoms with van der Waals surface area (Å²) in [6.45, 7) is 0.675. The molecule has 1 atom stereocenters. The van der Waals surface area contributed by atoms with Crippen molar-refractivity contribution in [3.63, 3.8) is 0 Å². The monoisotopic (exact) mass is 432 g/mol. The SMILES string of the molecule is O=C(Oc1cccnc1Br)C1CCCN1C(=O)C12CC3CC(CC(C3)C1)C2. The summed E-state index contributed by atoms with van der Waals surface area (Å²) in [5, 5.41) is 0. The van der Waals surface area contributed by atoms with Crippen LogP contribution < -0.4 is 4.74 Å². The van der Waals surface area contributed by atoms with Gasteiger partial charge in [0.25, 0.3) is 0 Å². The topological polar surface area (TPSA) is 59.5 Å². The highest BCUT2D eigenvalue weighted by atomic mass is 79.9. The Balaban J connectivity index is 1.34. The molecule has 1 saturated heterocycles. The highest BCUT2D eigenvalue weighted by Crippen LogP contribution is 2.60. The van der Waals surface area contributed by atoms with E-state index in [-0.39, 0.29) is 17.3 Å². The number of nitrogens with zero attached hydrogens (tertiary/aromatic N) is 2. The van der Waals surface area contributed by atoms with Gasteiger partial charge in [-0.2, -0.15) is 0 Å². The van der Waals surface area contributed by atoms with Crippen molar-refractivity contribution in [2.24, 2.45) is 23.2 Å². The highest BCUT2D eigenvalue weighted by Gasteiger charge is 2.57. The maximum atomic E-state index is 13.6. The molecule has 27 heavy (non-hydrogen) atoms. The molecule has 6 rings (SSSR count). The zero-order valence-electron chi connectivity index (χ0n) is 15.4. The lowest BCUT2D eigenvalue weighted by Gasteiger charge is -2.56. The summed E-state index contributed by atoms with van der Waals surface area (Å²) < 4.78 is 6.10. The molecule has 5 aliphatic rings. The molecule has 0 spiro atoms. The van der Waals surface area contributed by atoms with E-state index in [1.807, 2.05) is 4.90 Å². The van der Waals surface area contributed by atoms with Crippen LogP contribution in [-0.2, 0) is 9.59 Å². The number of esters is 1. The average molecular weight is 433 g/mol. The molecule has 1 aromatic heterocycles. The number of aromatic nitrogens is 1. The van der Waals surface area contributed by atoms with E-state index < -0.39 is 6.04 Å². The van der Waals surface area contributed by atoms with Gasteiger partial charge in [-0.05, 0) is 97.2 Å². The summed E-state index contributed by atoms with van der Waals surface area (Å²) in [6.07, 6.45) is 10.2. The molecule has 0 radical (unpaired) electrons. The van der Waals surface area contributed by atoms with Crippen molar-refractivity contribution >= 4 is 27.8 Å². The number of carbonyl (C=O) groups is 2. The number of ether oxygens (including phenoxy) is 1. The summed E-state index contributed by atoms with van der Waals surface area (Å²) in [4.78, 5) is 32.4. The zero-order chi connectivity index (χ0) is 18.6. The van der Waals surface area contributed by atoms with Gasteiger partial charge in [-0.25, -0.2) is 9.78 Å². The van der Waals surface area contributed by atoms with Crippen LogP contribution in [0.5, 0.6) is 5.75 Å². The number of amides is 1. The lowest BCUT2D eigenvalue weighted by molar-refractivity contribution is -0.162. The molecule has 2 heterocycles. The molecule has 1 aromatic rings. The first-order valence-electron chi connectivity index (χ1n) is 10.2. The predicted octanol–water partition coefficient (Wildman–Crippen LogP) is 3.96. The van der Waals surface area contributed by atoms with Crippen LogP contribution in [0, 0.1) is 23.2 Å². The summed E-state index contributed by atoms with van der Waals surface area (Å²) in [6, 6.07) is 2.99. The molecular weight excluding hydrogens is 408 g/mol. The molecule has 6 heteroatoms. The second-order valence-electron chi connectivity index (χ2n) is 9.07. The summed E-state index contributed by atoms with van der Waals surface area (Å²) in [5.41, 5.74) is -0.202. The van der Waals surface area contributed by atoms with Crippen LogP contribution in [0.3, 0.4) is 0 Å². The van der Waals surface area contributed by atoms with Gasteiger partial charge in [-0.15, -0.1) is 0 Å². The molecular formula is C21H25BrN2O3. The van der Waals surface area contributed by atoms with E-state index >= 15 is 0 Å². The average Bonchev–Trinajstić information content (AvgIpc) is 3.11. The Kier molecular flexibility index (Phi) is 4.30. The molecule has 144 valence electrons. The van der Waals surface area contributed by atoms with Gasteiger partial charge in [0.15, 0.2) is 5.75 Å². The molecule has 4 aliphatic carbocycles. The molecule has 0 aromatic carbocycles. The Hall–Kier alpha value is -1.43. The van der Waals surface area contributed by atoms with Gasteiger partial charge in [0.1, 0.15) is 10.6 Å². The molecule has 5 nitrogen and oxygen atoms in total. The molecule has 4 saturated carbocycles. The fourth-order valence-electron chi connectivity index (χ4n) is 6.56. The number of hydrogen-bond acceptors (Lipinski definition) is 4. The predicted molar refractivity (Wildman–Crippen MR) is 103 cm³/mol. The molecule has 1 amide bonds. The Morgan fingerprint density at radius 1 is 1.15 bits per heavy atom. The minimum absolute atomic E-state index is 0.202. The van der Waals surface area contributed by atoms with Gasteiger partial charge in [0.05, 0.1) is 5.41 Å². The quantitative estimate of drug-likeness (QED) is 0.535. The third-order valence-electron chi connectivity index (χ3n) is 7.21. The van der Waals surface area contributed by atoms with E-state index in [0.717, 1.165) is 43.4 Å². The molecule has 4 bridgehead atoms. The van der Waals surface area contributed by atoms with Crippen LogP contribution in [0.2, 0.25) is 0 Å². The fraction of sp³-hybridized carbons (Fsp3) is 0.667. The number of carbonyl (C=O) groups excluding carboxylic acids is 2. The summed E-state index contributed by atoms with van der Waals surface area (Å²) in [7, 11) is 0. The van der Waals surface area contributed by atoms with Crippen LogP contribution in [-0.4, -0.2) is 34.3 Å². The van der Waals surface area contributed by atoms with Crippen molar-refractivity contribution < 1.29 is 14.3 Å². The highest BCUT2D eigenvalue weighted by molar-refractivity contribution is 9.10. The van der Waals surface area contributed by atoms with E-state index in [9.17, 15) is 9.59 Å². The van der Waals surface area contributed by atoms with Gasteiger partial charge in [-0.1, -0.05) is 0 Å². The summed E-state index contributed by atoms with van der Waals surface area (Å²) >= 11 is 3.32. The maximum Gasteiger partial charge on any atom is 0.334 e. The molecule has 1 unspecified atom stereocenters. The molecule has 0 N–H and O–H groups in total. The first kappa shape index (κ1) is 17.7. The minimum Gasteiger partial charge on any atom is -0.422 e. The Morgan fingerprint density at radius 2 is 1.81 bits per heavy atom. The van der Waals surface area contributed by atoms with Crippen molar-refractivity contribution in [3.8, 4) is 5.75 Å². The Bertz CT molecular complexity index is 745. The van der Waals surface area contributed by atoms with E-state index in [4.69, 9.17) is 4.74 Å². The number of halogens is 1. The lowest BCUT2D eigenvalue weighted by atomic mass is 9.49.